The first-order valence-electron chi connectivity index (χ1n) is 12.5. The number of hydrogen-bond donors (Lipinski definition) is 2. The summed E-state index contributed by atoms with van der Waals surface area (Å²) >= 11 is 6.47. The van der Waals surface area contributed by atoms with Crippen LogP contribution in [-0.2, 0) is 22.7 Å². The molecule has 0 aliphatic heterocycles. The van der Waals surface area contributed by atoms with Crippen LogP contribution in [0.25, 0.3) is 22.2 Å². The predicted molar refractivity (Wildman–Crippen MR) is 151 cm³/mol. The lowest BCUT2D eigenvalue weighted by Gasteiger charge is -2.12. The molecule has 2 aromatic heterocycles. The third kappa shape index (κ3) is 6.74. The number of hydrogen-bond acceptors (Lipinski definition) is 7. The number of furan rings is 1. The molecule has 204 valence electrons. The molecule has 0 radical (unpaired) electrons. The molecule has 0 unspecified atom stereocenters. The number of benzene rings is 3. The van der Waals surface area contributed by atoms with Gasteiger partial charge < -0.3 is 24.5 Å². The summed E-state index contributed by atoms with van der Waals surface area (Å²) in [5.74, 6) is 2.02. The molecule has 1 amide bonds. The minimum absolute atomic E-state index is 0.0737. The summed E-state index contributed by atoms with van der Waals surface area (Å²) in [4.78, 5) is 20.1. The van der Waals surface area contributed by atoms with Gasteiger partial charge in [0.1, 0.15) is 48.4 Å². The Hall–Kier alpha value is -4.47. The standard InChI is InChI=1S/C30H26ClFN4O4/c1-33-29(37)11-12-38-17-23-7-10-27(40-23)20-5-8-26-24(14-20)30(35-18-34-26)36-22-6-9-28(25(31)15-22)39-16-19-3-2-4-21(32)13-19/h2-10,13-15,18H,11-12,16-17H2,1H3,(H,33,37)(H,34,35,36). The van der Waals surface area contributed by atoms with E-state index in [-0.39, 0.29) is 24.9 Å². The van der Waals surface area contributed by atoms with Crippen LogP contribution < -0.4 is 15.4 Å². The highest BCUT2D eigenvalue weighted by atomic mass is 35.5. The topological polar surface area (TPSA) is 98.5 Å². The summed E-state index contributed by atoms with van der Waals surface area (Å²) in [6.45, 7) is 0.769. The molecule has 2 N–H and O–H groups in total. The van der Waals surface area contributed by atoms with Crippen LogP contribution in [-0.4, -0.2) is 29.5 Å². The molecule has 5 rings (SSSR count). The number of rotatable bonds is 11. The van der Waals surface area contributed by atoms with Gasteiger partial charge in [-0.25, -0.2) is 14.4 Å². The number of fused-ring (bicyclic) bond motifs is 1. The van der Waals surface area contributed by atoms with Gasteiger partial charge in [0.15, 0.2) is 0 Å². The first-order chi connectivity index (χ1) is 19.5. The van der Waals surface area contributed by atoms with E-state index in [0.717, 1.165) is 16.5 Å². The van der Waals surface area contributed by atoms with Crippen LogP contribution in [0.4, 0.5) is 15.9 Å². The SMILES string of the molecule is CNC(=O)CCOCc1ccc(-c2ccc3ncnc(Nc4ccc(OCc5cccc(F)c5)c(Cl)c4)c3c2)o1. The Bertz CT molecular complexity index is 1640. The monoisotopic (exact) mass is 560 g/mol. The minimum Gasteiger partial charge on any atom is -0.487 e. The van der Waals surface area contributed by atoms with Crippen molar-refractivity contribution in [2.24, 2.45) is 0 Å². The average molecular weight is 561 g/mol. The highest BCUT2D eigenvalue weighted by Gasteiger charge is 2.11. The van der Waals surface area contributed by atoms with Crippen LogP contribution in [0.1, 0.15) is 17.7 Å². The molecule has 8 nitrogen and oxygen atoms in total. The fourth-order valence-electron chi connectivity index (χ4n) is 4.00. The Morgan fingerprint density at radius 1 is 1.02 bits per heavy atom. The van der Waals surface area contributed by atoms with E-state index < -0.39 is 0 Å². The molecule has 0 aliphatic rings. The molecule has 0 bridgehead atoms. The van der Waals surface area contributed by atoms with E-state index >= 15 is 0 Å². The number of carbonyl (C=O) groups is 1. The van der Waals surface area contributed by atoms with Crippen LogP contribution in [0.5, 0.6) is 5.75 Å². The number of nitrogens with zero attached hydrogens (tertiary/aromatic N) is 2. The largest absolute Gasteiger partial charge is 0.487 e. The summed E-state index contributed by atoms with van der Waals surface area (Å²) < 4.78 is 30.7. The smallest absolute Gasteiger partial charge is 0.222 e. The lowest BCUT2D eigenvalue weighted by atomic mass is 10.1. The van der Waals surface area contributed by atoms with Crippen LogP contribution in [0.3, 0.4) is 0 Å². The van der Waals surface area contributed by atoms with E-state index in [2.05, 4.69) is 20.6 Å². The van der Waals surface area contributed by atoms with Crippen molar-refractivity contribution in [2.75, 3.05) is 19.0 Å². The van der Waals surface area contributed by atoms with Gasteiger partial charge in [-0.1, -0.05) is 23.7 Å². The molecule has 5 aromatic rings. The summed E-state index contributed by atoms with van der Waals surface area (Å²) in [5.41, 5.74) is 3.02. The van der Waals surface area contributed by atoms with E-state index in [1.54, 1.807) is 31.3 Å². The summed E-state index contributed by atoms with van der Waals surface area (Å²) in [7, 11) is 1.59. The van der Waals surface area contributed by atoms with E-state index in [4.69, 9.17) is 25.5 Å². The summed E-state index contributed by atoms with van der Waals surface area (Å²) in [5, 5.41) is 7.06. The van der Waals surface area contributed by atoms with Crippen molar-refractivity contribution in [2.45, 2.75) is 19.6 Å². The second kappa shape index (κ2) is 12.6. The van der Waals surface area contributed by atoms with Gasteiger partial charge in [0.05, 0.1) is 17.1 Å². The summed E-state index contributed by atoms with van der Waals surface area (Å²) in [6, 6.07) is 21.0. The second-order valence-electron chi connectivity index (χ2n) is 8.88. The average Bonchev–Trinajstić information content (AvgIpc) is 3.44. The van der Waals surface area contributed by atoms with E-state index in [1.807, 2.05) is 36.4 Å². The molecule has 10 heteroatoms. The molecule has 0 fully saturated rings. The first-order valence-corrected chi connectivity index (χ1v) is 12.9. The van der Waals surface area contributed by atoms with Crippen molar-refractivity contribution < 1.29 is 23.1 Å². The zero-order chi connectivity index (χ0) is 27.9. The van der Waals surface area contributed by atoms with Crippen molar-refractivity contribution >= 4 is 39.9 Å². The number of amides is 1. The number of aromatic nitrogens is 2. The molecule has 0 atom stereocenters. The normalized spacial score (nSPS) is 11.0. The van der Waals surface area contributed by atoms with Gasteiger partial charge >= 0.3 is 0 Å². The van der Waals surface area contributed by atoms with Gasteiger partial charge in [-0.15, -0.1) is 0 Å². The third-order valence-corrected chi connectivity index (χ3v) is 6.35. The molecule has 0 saturated heterocycles. The van der Waals surface area contributed by atoms with Crippen molar-refractivity contribution in [1.29, 1.82) is 0 Å². The second-order valence-corrected chi connectivity index (χ2v) is 9.29. The van der Waals surface area contributed by atoms with Crippen molar-refractivity contribution in [3.8, 4) is 17.1 Å². The molecule has 0 spiro atoms. The van der Waals surface area contributed by atoms with E-state index in [0.29, 0.717) is 52.4 Å². The Morgan fingerprint density at radius 3 is 2.75 bits per heavy atom. The lowest BCUT2D eigenvalue weighted by Crippen LogP contribution is -2.19. The number of ether oxygens (including phenoxy) is 2. The highest BCUT2D eigenvalue weighted by molar-refractivity contribution is 6.32. The van der Waals surface area contributed by atoms with Gasteiger partial charge in [0.25, 0.3) is 0 Å². The molecule has 2 heterocycles. The van der Waals surface area contributed by atoms with Crippen molar-refractivity contribution in [3.05, 3.63) is 101 Å². The quantitative estimate of drug-likeness (QED) is 0.174. The van der Waals surface area contributed by atoms with Gasteiger partial charge in [-0.2, -0.15) is 0 Å². The molecule has 3 aromatic carbocycles. The van der Waals surface area contributed by atoms with E-state index in [1.165, 1.54) is 18.5 Å². The van der Waals surface area contributed by atoms with Gasteiger partial charge in [-0.3, -0.25) is 4.79 Å². The predicted octanol–water partition coefficient (Wildman–Crippen LogP) is 6.66. The Morgan fingerprint density at radius 2 is 1.93 bits per heavy atom. The molecule has 0 saturated carbocycles. The van der Waals surface area contributed by atoms with Gasteiger partial charge in [0.2, 0.25) is 5.91 Å². The minimum atomic E-state index is -0.317. The van der Waals surface area contributed by atoms with Crippen LogP contribution in [0.2, 0.25) is 5.02 Å². The van der Waals surface area contributed by atoms with Crippen LogP contribution >= 0.6 is 11.6 Å². The molecule has 0 aliphatic carbocycles. The number of carbonyl (C=O) groups excluding carboxylic acids is 1. The van der Waals surface area contributed by atoms with Crippen molar-refractivity contribution in [1.82, 2.24) is 15.3 Å². The maximum Gasteiger partial charge on any atom is 0.222 e. The van der Waals surface area contributed by atoms with Gasteiger partial charge in [-0.05, 0) is 66.2 Å². The first kappa shape index (κ1) is 27.1. The molecule has 40 heavy (non-hydrogen) atoms. The highest BCUT2D eigenvalue weighted by Crippen LogP contribution is 2.33. The Kier molecular flexibility index (Phi) is 8.53. The third-order valence-electron chi connectivity index (χ3n) is 6.06. The maximum atomic E-state index is 13.4. The molecular formula is C30H26ClFN4O4. The maximum absolute atomic E-state index is 13.4. The fourth-order valence-corrected chi connectivity index (χ4v) is 4.24. The number of anilines is 2. The fraction of sp³-hybridized carbons (Fsp3) is 0.167. The van der Waals surface area contributed by atoms with Gasteiger partial charge in [0, 0.05) is 30.1 Å². The van der Waals surface area contributed by atoms with Crippen LogP contribution in [0.15, 0.2) is 83.5 Å². The zero-order valence-electron chi connectivity index (χ0n) is 21.6. The van der Waals surface area contributed by atoms with E-state index in [9.17, 15) is 9.18 Å². The zero-order valence-corrected chi connectivity index (χ0v) is 22.4. The summed E-state index contributed by atoms with van der Waals surface area (Å²) in [6.07, 6.45) is 1.78. The Balaban J connectivity index is 1.28. The Labute approximate surface area is 235 Å². The molecular weight excluding hydrogens is 535 g/mol. The lowest BCUT2D eigenvalue weighted by molar-refractivity contribution is -0.121. The van der Waals surface area contributed by atoms with Crippen LogP contribution in [0, 0.1) is 5.82 Å². The van der Waals surface area contributed by atoms with Crippen molar-refractivity contribution in [3.63, 3.8) is 0 Å². The number of halogens is 2. The number of nitrogens with one attached hydrogen (secondary N) is 2.